The number of nitrogens with zero attached hydrogens (tertiary/aromatic N) is 1. The number of methoxy groups -OCH3 is 1. The molecule has 0 bridgehead atoms. The number of likely N-dealkylation sites (N-methyl/N-ethyl adjacent to an activating group) is 1. The lowest BCUT2D eigenvalue weighted by Gasteiger charge is -2.14. The Kier molecular flexibility index (Phi) is 5.85. The van der Waals surface area contributed by atoms with Crippen LogP contribution in [-0.4, -0.2) is 37.7 Å². The zero-order chi connectivity index (χ0) is 15.1. The molecule has 20 heavy (non-hydrogen) atoms. The number of halogens is 1. The SMILES string of the molecule is CNC(CCOc1c(F)cccc1[N+](=O)[O-])C(=O)OC. The first-order chi connectivity index (χ1) is 9.51. The molecular weight excluding hydrogens is 271 g/mol. The van der Waals surface area contributed by atoms with E-state index >= 15 is 0 Å². The maximum absolute atomic E-state index is 13.5. The minimum absolute atomic E-state index is 0.0671. The summed E-state index contributed by atoms with van der Waals surface area (Å²) in [6.45, 7) is -0.0671. The lowest BCUT2D eigenvalue weighted by Crippen LogP contribution is -2.36. The number of carbonyl (C=O) groups is 1. The Labute approximate surface area is 114 Å². The predicted octanol–water partition coefficient (Wildman–Crippen LogP) is 1.26. The lowest BCUT2D eigenvalue weighted by molar-refractivity contribution is -0.386. The van der Waals surface area contributed by atoms with E-state index in [2.05, 4.69) is 10.1 Å². The molecule has 0 aliphatic carbocycles. The fourth-order valence-electron chi connectivity index (χ4n) is 1.59. The summed E-state index contributed by atoms with van der Waals surface area (Å²) in [7, 11) is 2.81. The van der Waals surface area contributed by atoms with E-state index in [4.69, 9.17) is 4.74 Å². The Balaban J connectivity index is 2.71. The second kappa shape index (κ2) is 7.39. The van der Waals surface area contributed by atoms with Crippen molar-refractivity contribution in [3.05, 3.63) is 34.1 Å². The van der Waals surface area contributed by atoms with E-state index in [1.54, 1.807) is 7.05 Å². The first-order valence-electron chi connectivity index (χ1n) is 5.82. The van der Waals surface area contributed by atoms with E-state index in [9.17, 15) is 19.3 Å². The van der Waals surface area contributed by atoms with E-state index in [1.165, 1.54) is 13.2 Å². The fourth-order valence-corrected chi connectivity index (χ4v) is 1.59. The topological polar surface area (TPSA) is 90.7 Å². The summed E-state index contributed by atoms with van der Waals surface area (Å²) in [5.41, 5.74) is -0.455. The van der Waals surface area contributed by atoms with E-state index in [-0.39, 0.29) is 13.0 Å². The molecule has 0 aromatic heterocycles. The highest BCUT2D eigenvalue weighted by Crippen LogP contribution is 2.29. The number of esters is 1. The number of nitro groups is 1. The number of rotatable bonds is 7. The molecule has 1 atom stereocenters. The maximum atomic E-state index is 13.5. The average Bonchev–Trinajstić information content (AvgIpc) is 2.43. The summed E-state index contributed by atoms with van der Waals surface area (Å²) >= 11 is 0. The van der Waals surface area contributed by atoms with Gasteiger partial charge in [-0.25, -0.2) is 4.39 Å². The summed E-state index contributed by atoms with van der Waals surface area (Å²) in [5.74, 6) is -1.74. The molecule has 0 fully saturated rings. The van der Waals surface area contributed by atoms with Gasteiger partial charge < -0.3 is 14.8 Å². The van der Waals surface area contributed by atoms with Crippen LogP contribution in [0.1, 0.15) is 6.42 Å². The van der Waals surface area contributed by atoms with Crippen molar-refractivity contribution in [2.45, 2.75) is 12.5 Å². The molecule has 0 heterocycles. The van der Waals surface area contributed by atoms with Gasteiger partial charge in [-0.05, 0) is 13.1 Å². The van der Waals surface area contributed by atoms with Gasteiger partial charge in [-0.2, -0.15) is 0 Å². The van der Waals surface area contributed by atoms with Crippen LogP contribution >= 0.6 is 0 Å². The second-order valence-electron chi connectivity index (χ2n) is 3.85. The first kappa shape index (κ1) is 15.8. The van der Waals surface area contributed by atoms with Gasteiger partial charge >= 0.3 is 11.7 Å². The standard InChI is InChI=1S/C12H15FN2O5/c1-14-9(12(16)19-2)6-7-20-11-8(13)4-3-5-10(11)15(17)18/h3-5,9,14H,6-7H2,1-2H3. The highest BCUT2D eigenvalue weighted by atomic mass is 19.1. The van der Waals surface area contributed by atoms with Gasteiger partial charge in [-0.15, -0.1) is 0 Å². The van der Waals surface area contributed by atoms with Crippen LogP contribution in [0.3, 0.4) is 0 Å². The summed E-state index contributed by atoms with van der Waals surface area (Å²) in [6, 6.07) is 2.82. The average molecular weight is 286 g/mol. The molecule has 0 aliphatic rings. The van der Waals surface area contributed by atoms with Crippen LogP contribution in [0, 0.1) is 15.9 Å². The number of nitro benzene ring substituents is 1. The zero-order valence-electron chi connectivity index (χ0n) is 11.1. The molecule has 1 rings (SSSR count). The quantitative estimate of drug-likeness (QED) is 0.461. The molecule has 8 heteroatoms. The van der Waals surface area contributed by atoms with Crippen molar-refractivity contribution in [2.24, 2.45) is 0 Å². The van der Waals surface area contributed by atoms with Gasteiger partial charge in [-0.1, -0.05) is 6.07 Å². The Bertz CT molecular complexity index is 495. The summed E-state index contributed by atoms with van der Waals surface area (Å²) in [6.07, 6.45) is 0.189. The van der Waals surface area contributed by atoms with Crippen LogP contribution in [0.4, 0.5) is 10.1 Å². The number of hydrogen-bond donors (Lipinski definition) is 1. The van der Waals surface area contributed by atoms with E-state index in [0.717, 1.165) is 12.1 Å². The first-order valence-corrected chi connectivity index (χ1v) is 5.82. The molecule has 1 aromatic rings. The normalized spacial score (nSPS) is 11.8. The summed E-state index contributed by atoms with van der Waals surface area (Å²) < 4.78 is 23.1. The Morgan fingerprint density at radius 3 is 2.80 bits per heavy atom. The van der Waals surface area contributed by atoms with Crippen LogP contribution in [0.15, 0.2) is 18.2 Å². The van der Waals surface area contributed by atoms with E-state index in [0.29, 0.717) is 0 Å². The summed E-state index contributed by atoms with van der Waals surface area (Å²) in [4.78, 5) is 21.3. The molecular formula is C12H15FN2O5. The molecule has 110 valence electrons. The molecule has 0 spiro atoms. The van der Waals surface area contributed by atoms with Crippen LogP contribution < -0.4 is 10.1 Å². The fraction of sp³-hybridized carbons (Fsp3) is 0.417. The number of benzene rings is 1. The Morgan fingerprint density at radius 2 is 2.25 bits per heavy atom. The maximum Gasteiger partial charge on any atom is 0.322 e. The Morgan fingerprint density at radius 1 is 1.55 bits per heavy atom. The zero-order valence-corrected chi connectivity index (χ0v) is 11.1. The third kappa shape index (κ3) is 3.89. The van der Waals surface area contributed by atoms with Crippen LogP contribution in [0.25, 0.3) is 0 Å². The van der Waals surface area contributed by atoms with Gasteiger partial charge in [0.1, 0.15) is 6.04 Å². The third-order valence-electron chi connectivity index (χ3n) is 2.63. The van der Waals surface area contributed by atoms with Gasteiger partial charge in [0.05, 0.1) is 18.6 Å². The molecule has 1 aromatic carbocycles. The highest BCUT2D eigenvalue weighted by Gasteiger charge is 2.21. The number of ether oxygens (including phenoxy) is 2. The van der Waals surface area contributed by atoms with Crippen molar-refractivity contribution in [1.82, 2.24) is 5.32 Å². The molecule has 0 aliphatic heterocycles. The third-order valence-corrected chi connectivity index (χ3v) is 2.63. The van der Waals surface area contributed by atoms with Crippen molar-refractivity contribution < 1.29 is 23.6 Å². The van der Waals surface area contributed by atoms with Crippen molar-refractivity contribution in [1.29, 1.82) is 0 Å². The number of hydrogen-bond acceptors (Lipinski definition) is 6. The van der Waals surface area contributed by atoms with Crippen molar-refractivity contribution >= 4 is 11.7 Å². The highest BCUT2D eigenvalue weighted by molar-refractivity contribution is 5.75. The van der Waals surface area contributed by atoms with Crippen molar-refractivity contribution in [3.8, 4) is 5.75 Å². The van der Waals surface area contributed by atoms with Crippen molar-refractivity contribution in [2.75, 3.05) is 20.8 Å². The molecule has 0 radical (unpaired) electrons. The number of carbonyl (C=O) groups excluding carboxylic acids is 1. The lowest BCUT2D eigenvalue weighted by atomic mass is 10.2. The second-order valence-corrected chi connectivity index (χ2v) is 3.85. The number of nitrogens with one attached hydrogen (secondary N) is 1. The molecule has 0 amide bonds. The Hall–Kier alpha value is -2.22. The summed E-state index contributed by atoms with van der Waals surface area (Å²) in [5, 5.41) is 13.5. The molecule has 1 unspecified atom stereocenters. The van der Waals surface area contributed by atoms with Crippen LogP contribution in [0.2, 0.25) is 0 Å². The largest absolute Gasteiger partial charge is 0.485 e. The molecule has 1 N–H and O–H groups in total. The van der Waals surface area contributed by atoms with Gasteiger partial charge in [0.15, 0.2) is 5.82 Å². The van der Waals surface area contributed by atoms with Gasteiger partial charge in [0.2, 0.25) is 5.75 Å². The number of para-hydroxylation sites is 1. The van der Waals surface area contributed by atoms with Crippen LogP contribution in [0.5, 0.6) is 5.75 Å². The van der Waals surface area contributed by atoms with E-state index in [1.807, 2.05) is 0 Å². The van der Waals surface area contributed by atoms with Gasteiger partial charge in [-0.3, -0.25) is 14.9 Å². The molecule has 7 nitrogen and oxygen atoms in total. The van der Waals surface area contributed by atoms with Gasteiger partial charge in [0, 0.05) is 12.5 Å². The smallest absolute Gasteiger partial charge is 0.322 e. The minimum atomic E-state index is -0.821. The van der Waals surface area contributed by atoms with E-state index < -0.39 is 34.2 Å². The molecule has 0 saturated heterocycles. The minimum Gasteiger partial charge on any atom is -0.485 e. The van der Waals surface area contributed by atoms with Gasteiger partial charge in [0.25, 0.3) is 0 Å². The monoisotopic (exact) mass is 286 g/mol. The predicted molar refractivity (Wildman–Crippen MR) is 68.0 cm³/mol. The molecule has 0 saturated carbocycles. The van der Waals surface area contributed by atoms with Crippen molar-refractivity contribution in [3.63, 3.8) is 0 Å². The van der Waals surface area contributed by atoms with Crippen LogP contribution in [-0.2, 0) is 9.53 Å².